The van der Waals surface area contributed by atoms with Crippen LogP contribution in [0.2, 0.25) is 0 Å². The minimum atomic E-state index is -0.190. The summed E-state index contributed by atoms with van der Waals surface area (Å²) in [5.74, 6) is -0.190. The Kier molecular flexibility index (Phi) is 6.11. The molecule has 0 heterocycles. The molecule has 3 N–H and O–H groups in total. The van der Waals surface area contributed by atoms with Gasteiger partial charge in [0.15, 0.2) is 0 Å². The molecule has 0 bridgehead atoms. The van der Waals surface area contributed by atoms with Crippen molar-refractivity contribution < 1.29 is 9.50 Å². The highest BCUT2D eigenvalue weighted by molar-refractivity contribution is 5.25. The summed E-state index contributed by atoms with van der Waals surface area (Å²) in [7, 11) is 0. The molecule has 17 heavy (non-hydrogen) atoms. The van der Waals surface area contributed by atoms with Crippen LogP contribution in [-0.2, 0) is 13.1 Å². The molecule has 0 fully saturated rings. The maximum absolute atomic E-state index is 13.6. The number of hydrogen-bond donors (Lipinski definition) is 2. The molecule has 1 rings (SSSR count). The van der Waals surface area contributed by atoms with Crippen LogP contribution in [0.25, 0.3) is 0 Å². The summed E-state index contributed by atoms with van der Waals surface area (Å²) in [5, 5.41) is 8.80. The van der Waals surface area contributed by atoms with E-state index in [9.17, 15) is 4.39 Å². The van der Waals surface area contributed by atoms with Crippen molar-refractivity contribution in [2.75, 3.05) is 19.7 Å². The van der Waals surface area contributed by atoms with E-state index in [0.29, 0.717) is 25.1 Å². The van der Waals surface area contributed by atoms with Crippen LogP contribution in [0, 0.1) is 5.82 Å². The van der Waals surface area contributed by atoms with Crippen LogP contribution in [0.15, 0.2) is 18.2 Å². The molecule has 0 aliphatic heterocycles. The number of nitrogens with two attached hydrogens (primary N) is 1. The highest BCUT2D eigenvalue weighted by atomic mass is 19.1. The number of benzene rings is 1. The van der Waals surface area contributed by atoms with Gasteiger partial charge in [-0.3, -0.25) is 4.90 Å². The molecule has 0 aliphatic carbocycles. The first-order chi connectivity index (χ1) is 8.21. The summed E-state index contributed by atoms with van der Waals surface area (Å²) in [6.07, 6.45) is 0.714. The van der Waals surface area contributed by atoms with Crippen LogP contribution < -0.4 is 5.73 Å². The Morgan fingerprint density at radius 2 is 2.18 bits per heavy atom. The van der Waals surface area contributed by atoms with Gasteiger partial charge in [0.2, 0.25) is 0 Å². The largest absolute Gasteiger partial charge is 0.396 e. The van der Waals surface area contributed by atoms with Gasteiger partial charge in [0, 0.05) is 31.8 Å². The van der Waals surface area contributed by atoms with E-state index in [2.05, 4.69) is 4.90 Å². The minimum Gasteiger partial charge on any atom is -0.396 e. The van der Waals surface area contributed by atoms with E-state index in [-0.39, 0.29) is 12.4 Å². The van der Waals surface area contributed by atoms with Gasteiger partial charge in [0.1, 0.15) is 5.82 Å². The van der Waals surface area contributed by atoms with Crippen molar-refractivity contribution in [3.05, 3.63) is 35.1 Å². The van der Waals surface area contributed by atoms with Crippen LogP contribution in [0.5, 0.6) is 0 Å². The number of rotatable bonds is 7. The van der Waals surface area contributed by atoms with E-state index in [0.717, 1.165) is 18.7 Å². The summed E-state index contributed by atoms with van der Waals surface area (Å²) in [5.41, 5.74) is 7.16. The van der Waals surface area contributed by atoms with E-state index in [1.54, 1.807) is 6.07 Å². The van der Waals surface area contributed by atoms with E-state index in [1.165, 1.54) is 6.07 Å². The van der Waals surface area contributed by atoms with Crippen molar-refractivity contribution in [1.82, 2.24) is 4.90 Å². The van der Waals surface area contributed by atoms with Crippen molar-refractivity contribution in [2.24, 2.45) is 5.73 Å². The van der Waals surface area contributed by atoms with Gasteiger partial charge >= 0.3 is 0 Å². The Hall–Kier alpha value is -0.970. The zero-order valence-corrected chi connectivity index (χ0v) is 10.3. The quantitative estimate of drug-likeness (QED) is 0.759. The summed E-state index contributed by atoms with van der Waals surface area (Å²) >= 11 is 0. The topological polar surface area (TPSA) is 49.5 Å². The average molecular weight is 240 g/mol. The van der Waals surface area contributed by atoms with Gasteiger partial charge in [0.25, 0.3) is 0 Å². The van der Waals surface area contributed by atoms with Gasteiger partial charge < -0.3 is 10.8 Å². The van der Waals surface area contributed by atoms with Crippen LogP contribution in [0.1, 0.15) is 24.5 Å². The first-order valence-electron chi connectivity index (χ1n) is 6.01. The average Bonchev–Trinajstić information content (AvgIpc) is 2.36. The Balaban J connectivity index is 2.70. The third kappa shape index (κ3) is 4.42. The van der Waals surface area contributed by atoms with Crippen molar-refractivity contribution in [3.8, 4) is 0 Å². The van der Waals surface area contributed by atoms with Crippen LogP contribution in [0.4, 0.5) is 4.39 Å². The van der Waals surface area contributed by atoms with Crippen molar-refractivity contribution in [1.29, 1.82) is 0 Å². The number of aliphatic hydroxyl groups excluding tert-OH is 1. The van der Waals surface area contributed by atoms with Gasteiger partial charge in [-0.15, -0.1) is 0 Å². The van der Waals surface area contributed by atoms with E-state index < -0.39 is 0 Å². The Morgan fingerprint density at radius 1 is 1.41 bits per heavy atom. The highest BCUT2D eigenvalue weighted by Crippen LogP contribution is 2.13. The molecule has 0 atom stereocenters. The summed E-state index contributed by atoms with van der Waals surface area (Å²) in [6.45, 7) is 4.81. The molecular weight excluding hydrogens is 219 g/mol. The third-order valence-corrected chi connectivity index (χ3v) is 2.82. The van der Waals surface area contributed by atoms with E-state index >= 15 is 0 Å². The Morgan fingerprint density at radius 3 is 2.76 bits per heavy atom. The normalized spacial score (nSPS) is 11.1. The lowest BCUT2D eigenvalue weighted by Gasteiger charge is -2.20. The summed E-state index contributed by atoms with van der Waals surface area (Å²) in [6, 6.07) is 5.00. The molecule has 0 saturated heterocycles. The second-order valence-corrected chi connectivity index (χ2v) is 4.08. The monoisotopic (exact) mass is 240 g/mol. The molecular formula is C13H21FN2O. The zero-order chi connectivity index (χ0) is 12.7. The van der Waals surface area contributed by atoms with Gasteiger partial charge in [0.05, 0.1) is 0 Å². The zero-order valence-electron chi connectivity index (χ0n) is 10.3. The molecule has 1 aromatic carbocycles. The maximum Gasteiger partial charge on any atom is 0.127 e. The van der Waals surface area contributed by atoms with E-state index in [4.69, 9.17) is 10.8 Å². The second kappa shape index (κ2) is 7.37. The maximum atomic E-state index is 13.6. The molecule has 96 valence electrons. The fraction of sp³-hybridized carbons (Fsp3) is 0.538. The first-order valence-corrected chi connectivity index (χ1v) is 6.01. The molecule has 1 aromatic rings. The fourth-order valence-corrected chi connectivity index (χ4v) is 1.76. The van der Waals surface area contributed by atoms with Crippen molar-refractivity contribution in [3.63, 3.8) is 0 Å². The molecule has 0 aromatic heterocycles. The molecule has 3 nitrogen and oxygen atoms in total. The lowest BCUT2D eigenvalue weighted by atomic mass is 10.1. The molecule has 4 heteroatoms. The number of nitrogens with zero attached hydrogens (tertiary/aromatic N) is 1. The standard InChI is InChI=1S/C13H21FN2O/c1-2-16(6-3-7-17)10-12-8-11(9-15)4-5-13(12)14/h4-5,8,17H,2-3,6-7,9-10,15H2,1H3. The van der Waals surface area contributed by atoms with Gasteiger partial charge in [-0.05, 0) is 24.6 Å². The molecule has 0 amide bonds. The number of aliphatic hydroxyl groups is 1. The minimum absolute atomic E-state index is 0.168. The van der Waals surface area contributed by atoms with Crippen molar-refractivity contribution in [2.45, 2.75) is 26.4 Å². The second-order valence-electron chi connectivity index (χ2n) is 4.08. The van der Waals surface area contributed by atoms with Crippen LogP contribution in [0.3, 0.4) is 0 Å². The fourth-order valence-electron chi connectivity index (χ4n) is 1.76. The number of hydrogen-bond acceptors (Lipinski definition) is 3. The van der Waals surface area contributed by atoms with E-state index in [1.807, 2.05) is 13.0 Å². The summed E-state index contributed by atoms with van der Waals surface area (Å²) < 4.78 is 13.6. The number of halogens is 1. The van der Waals surface area contributed by atoms with Crippen LogP contribution in [-0.4, -0.2) is 29.7 Å². The molecule has 0 radical (unpaired) electrons. The van der Waals surface area contributed by atoms with Crippen LogP contribution >= 0.6 is 0 Å². The molecule has 0 unspecified atom stereocenters. The third-order valence-electron chi connectivity index (χ3n) is 2.82. The van der Waals surface area contributed by atoms with Crippen molar-refractivity contribution >= 4 is 0 Å². The van der Waals surface area contributed by atoms with Gasteiger partial charge in [-0.1, -0.05) is 19.1 Å². The smallest absolute Gasteiger partial charge is 0.127 e. The lowest BCUT2D eigenvalue weighted by Crippen LogP contribution is -2.25. The Bertz CT molecular complexity index is 344. The Labute approximate surface area is 102 Å². The molecule has 0 spiro atoms. The lowest BCUT2D eigenvalue weighted by molar-refractivity contribution is 0.223. The molecule has 0 aliphatic rings. The SMILES string of the molecule is CCN(CCCO)Cc1cc(CN)ccc1F. The van der Waals surface area contributed by atoms with Gasteiger partial charge in [-0.25, -0.2) is 4.39 Å². The summed E-state index contributed by atoms with van der Waals surface area (Å²) in [4.78, 5) is 2.11. The predicted octanol–water partition coefficient (Wildman–Crippen LogP) is 1.49. The molecule has 0 saturated carbocycles. The van der Waals surface area contributed by atoms with Gasteiger partial charge in [-0.2, -0.15) is 0 Å². The predicted molar refractivity (Wildman–Crippen MR) is 66.9 cm³/mol. The highest BCUT2D eigenvalue weighted by Gasteiger charge is 2.08. The first kappa shape index (κ1) is 14.1.